The van der Waals surface area contributed by atoms with Crippen LogP contribution in [0.3, 0.4) is 0 Å². The van der Waals surface area contributed by atoms with E-state index in [1.54, 1.807) is 0 Å². The van der Waals surface area contributed by atoms with Gasteiger partial charge < -0.3 is 5.32 Å². The summed E-state index contributed by atoms with van der Waals surface area (Å²) in [5.74, 6) is -0.159. The summed E-state index contributed by atoms with van der Waals surface area (Å²) in [6.45, 7) is 5.62. The molecule has 1 atom stereocenters. The molecule has 0 aromatic heterocycles. The highest BCUT2D eigenvalue weighted by molar-refractivity contribution is 9.10. The first kappa shape index (κ1) is 16.0. The van der Waals surface area contributed by atoms with E-state index >= 15 is 0 Å². The number of halogens is 2. The van der Waals surface area contributed by atoms with Gasteiger partial charge in [0, 0.05) is 6.04 Å². The van der Waals surface area contributed by atoms with Crippen LogP contribution in [0.1, 0.15) is 51.5 Å². The summed E-state index contributed by atoms with van der Waals surface area (Å²) < 4.78 is 14.3. The van der Waals surface area contributed by atoms with Gasteiger partial charge in [0.2, 0.25) is 0 Å². The van der Waals surface area contributed by atoms with E-state index in [1.165, 1.54) is 31.7 Å². The van der Waals surface area contributed by atoms with Crippen LogP contribution in [0.25, 0.3) is 0 Å². The molecule has 112 valence electrons. The van der Waals surface area contributed by atoms with E-state index in [0.717, 1.165) is 24.9 Å². The minimum atomic E-state index is -0.159. The topological polar surface area (TPSA) is 12.0 Å². The molecule has 3 heteroatoms. The zero-order valence-corrected chi connectivity index (χ0v) is 14.1. The van der Waals surface area contributed by atoms with Crippen LogP contribution in [0.5, 0.6) is 0 Å². The SMILES string of the molecule is CCCNC(Cc1cccc(F)c1Br)C1(C)CCCC1. The van der Waals surface area contributed by atoms with Gasteiger partial charge in [-0.3, -0.25) is 0 Å². The number of nitrogens with one attached hydrogen (secondary N) is 1. The van der Waals surface area contributed by atoms with Crippen LogP contribution in [0.15, 0.2) is 22.7 Å². The molecule has 20 heavy (non-hydrogen) atoms. The molecular weight excluding hydrogens is 317 g/mol. The lowest BCUT2D eigenvalue weighted by molar-refractivity contribution is 0.219. The van der Waals surface area contributed by atoms with Crippen molar-refractivity contribution < 1.29 is 4.39 Å². The standard InChI is InChI=1S/C17H25BrFN/c1-3-11-20-15(17(2)9-4-5-10-17)12-13-7-6-8-14(19)16(13)18/h6-8,15,20H,3-5,9-12H2,1-2H3. The first-order valence-electron chi connectivity index (χ1n) is 7.73. The summed E-state index contributed by atoms with van der Waals surface area (Å²) in [6, 6.07) is 5.79. The maximum absolute atomic E-state index is 13.7. The zero-order valence-electron chi connectivity index (χ0n) is 12.5. The fraction of sp³-hybridized carbons (Fsp3) is 0.647. The second-order valence-corrected chi connectivity index (χ2v) is 7.08. The second-order valence-electron chi connectivity index (χ2n) is 6.28. The Morgan fingerprint density at radius 1 is 1.35 bits per heavy atom. The molecule has 0 amide bonds. The predicted octanol–water partition coefficient (Wildman–Crippen LogP) is 5.08. The van der Waals surface area contributed by atoms with Gasteiger partial charge in [0.15, 0.2) is 0 Å². The molecule has 1 N–H and O–H groups in total. The van der Waals surface area contributed by atoms with E-state index in [0.29, 0.717) is 15.9 Å². The smallest absolute Gasteiger partial charge is 0.137 e. The average Bonchev–Trinajstić information content (AvgIpc) is 2.87. The van der Waals surface area contributed by atoms with Crippen molar-refractivity contribution >= 4 is 15.9 Å². The van der Waals surface area contributed by atoms with Crippen molar-refractivity contribution in [3.8, 4) is 0 Å². The van der Waals surface area contributed by atoms with Gasteiger partial charge in [0.25, 0.3) is 0 Å². The molecule has 1 fully saturated rings. The minimum Gasteiger partial charge on any atom is -0.313 e. The van der Waals surface area contributed by atoms with Gasteiger partial charge in [-0.2, -0.15) is 0 Å². The molecular formula is C17H25BrFN. The summed E-state index contributed by atoms with van der Waals surface area (Å²) in [5.41, 5.74) is 1.42. The lowest BCUT2D eigenvalue weighted by atomic mass is 9.77. The predicted molar refractivity (Wildman–Crippen MR) is 86.5 cm³/mol. The van der Waals surface area contributed by atoms with Crippen LogP contribution in [-0.4, -0.2) is 12.6 Å². The number of benzene rings is 1. The zero-order chi connectivity index (χ0) is 14.6. The lowest BCUT2D eigenvalue weighted by Gasteiger charge is -2.35. The Hall–Kier alpha value is -0.410. The third-order valence-electron chi connectivity index (χ3n) is 4.68. The number of rotatable bonds is 6. The maximum atomic E-state index is 13.7. The summed E-state index contributed by atoms with van der Waals surface area (Å²) in [5, 5.41) is 3.70. The van der Waals surface area contributed by atoms with Crippen molar-refractivity contribution in [3.63, 3.8) is 0 Å². The van der Waals surface area contributed by atoms with Crippen molar-refractivity contribution in [1.29, 1.82) is 0 Å². The van der Waals surface area contributed by atoms with Gasteiger partial charge in [0.05, 0.1) is 4.47 Å². The summed E-state index contributed by atoms with van der Waals surface area (Å²) in [6.07, 6.45) is 7.24. The van der Waals surface area contributed by atoms with Crippen molar-refractivity contribution in [1.82, 2.24) is 5.32 Å². The van der Waals surface area contributed by atoms with E-state index in [1.807, 2.05) is 12.1 Å². The van der Waals surface area contributed by atoms with Crippen LogP contribution < -0.4 is 5.32 Å². The van der Waals surface area contributed by atoms with E-state index in [4.69, 9.17) is 0 Å². The molecule has 1 nitrogen and oxygen atoms in total. The van der Waals surface area contributed by atoms with Gasteiger partial charge in [-0.25, -0.2) is 4.39 Å². The highest BCUT2D eigenvalue weighted by atomic mass is 79.9. The molecule has 0 heterocycles. The molecule has 0 saturated heterocycles. The van der Waals surface area contributed by atoms with Gasteiger partial charge >= 0.3 is 0 Å². The van der Waals surface area contributed by atoms with Crippen LogP contribution in [-0.2, 0) is 6.42 Å². The fourth-order valence-corrected chi connectivity index (χ4v) is 3.77. The van der Waals surface area contributed by atoms with E-state index in [9.17, 15) is 4.39 Å². The molecule has 1 aromatic rings. The Labute approximate surface area is 130 Å². The Balaban J connectivity index is 2.16. The number of hydrogen-bond donors (Lipinski definition) is 1. The van der Waals surface area contributed by atoms with Crippen molar-refractivity contribution in [2.24, 2.45) is 5.41 Å². The van der Waals surface area contributed by atoms with Crippen molar-refractivity contribution in [3.05, 3.63) is 34.1 Å². The first-order valence-corrected chi connectivity index (χ1v) is 8.52. The van der Waals surface area contributed by atoms with E-state index < -0.39 is 0 Å². The van der Waals surface area contributed by atoms with Crippen LogP contribution in [0.2, 0.25) is 0 Å². The third kappa shape index (κ3) is 3.62. The molecule has 0 radical (unpaired) electrons. The molecule has 1 unspecified atom stereocenters. The minimum absolute atomic E-state index is 0.159. The van der Waals surface area contributed by atoms with Gasteiger partial charge in [-0.15, -0.1) is 0 Å². The largest absolute Gasteiger partial charge is 0.313 e. The molecule has 1 aromatic carbocycles. The van der Waals surface area contributed by atoms with E-state index in [-0.39, 0.29) is 5.82 Å². The molecule has 0 aliphatic heterocycles. The van der Waals surface area contributed by atoms with Gasteiger partial charge in [0.1, 0.15) is 5.82 Å². The van der Waals surface area contributed by atoms with Crippen molar-refractivity contribution in [2.75, 3.05) is 6.54 Å². The average molecular weight is 342 g/mol. The molecule has 0 bridgehead atoms. The Morgan fingerprint density at radius 3 is 2.70 bits per heavy atom. The summed E-state index contributed by atoms with van der Waals surface area (Å²) in [4.78, 5) is 0. The highest BCUT2D eigenvalue weighted by Crippen LogP contribution is 2.42. The van der Waals surface area contributed by atoms with Crippen LogP contribution in [0.4, 0.5) is 4.39 Å². The third-order valence-corrected chi connectivity index (χ3v) is 5.57. The summed E-state index contributed by atoms with van der Waals surface area (Å²) >= 11 is 3.40. The van der Waals surface area contributed by atoms with Crippen LogP contribution in [0, 0.1) is 11.2 Å². The fourth-order valence-electron chi connectivity index (χ4n) is 3.34. The lowest BCUT2D eigenvalue weighted by Crippen LogP contribution is -2.44. The molecule has 0 spiro atoms. The first-order chi connectivity index (χ1) is 9.57. The van der Waals surface area contributed by atoms with Crippen LogP contribution >= 0.6 is 15.9 Å². The quantitative estimate of drug-likeness (QED) is 0.760. The maximum Gasteiger partial charge on any atom is 0.137 e. The normalized spacial score (nSPS) is 19.2. The number of hydrogen-bond acceptors (Lipinski definition) is 1. The molecule has 2 rings (SSSR count). The second kappa shape index (κ2) is 7.04. The van der Waals surface area contributed by atoms with Crippen molar-refractivity contribution in [2.45, 2.75) is 58.4 Å². The highest BCUT2D eigenvalue weighted by Gasteiger charge is 2.36. The monoisotopic (exact) mass is 341 g/mol. The molecule has 1 saturated carbocycles. The Morgan fingerprint density at radius 2 is 2.05 bits per heavy atom. The van der Waals surface area contributed by atoms with Gasteiger partial charge in [-0.05, 0) is 65.2 Å². The Kier molecular flexibility index (Phi) is 5.62. The van der Waals surface area contributed by atoms with E-state index in [2.05, 4.69) is 35.1 Å². The molecule has 1 aliphatic rings. The molecule has 1 aliphatic carbocycles. The van der Waals surface area contributed by atoms with Gasteiger partial charge in [-0.1, -0.05) is 38.8 Å². The Bertz CT molecular complexity index is 441. The summed E-state index contributed by atoms with van der Waals surface area (Å²) in [7, 11) is 0.